The SMILES string of the molecule is CC(C)c1coc2ccc(-c3ccco3)cc2c1=O. The summed E-state index contributed by atoms with van der Waals surface area (Å²) in [7, 11) is 0. The lowest BCUT2D eigenvalue weighted by molar-refractivity contribution is 0.581. The van der Waals surface area contributed by atoms with E-state index in [1.807, 2.05) is 38.1 Å². The van der Waals surface area contributed by atoms with E-state index in [4.69, 9.17) is 8.83 Å². The summed E-state index contributed by atoms with van der Waals surface area (Å²) < 4.78 is 10.9. The van der Waals surface area contributed by atoms with E-state index in [-0.39, 0.29) is 11.3 Å². The zero-order valence-corrected chi connectivity index (χ0v) is 10.8. The van der Waals surface area contributed by atoms with Crippen LogP contribution in [0.2, 0.25) is 0 Å². The van der Waals surface area contributed by atoms with Crippen molar-refractivity contribution in [2.24, 2.45) is 0 Å². The van der Waals surface area contributed by atoms with Crippen LogP contribution in [0.3, 0.4) is 0 Å². The normalized spacial score (nSPS) is 11.3. The number of rotatable bonds is 2. The number of benzene rings is 1. The second kappa shape index (κ2) is 4.43. The van der Waals surface area contributed by atoms with Crippen molar-refractivity contribution in [3.05, 3.63) is 58.6 Å². The molecule has 0 atom stereocenters. The second-order valence-electron chi connectivity index (χ2n) is 4.86. The summed E-state index contributed by atoms with van der Waals surface area (Å²) in [6, 6.07) is 9.21. The van der Waals surface area contributed by atoms with Gasteiger partial charge in [0.25, 0.3) is 0 Å². The van der Waals surface area contributed by atoms with Crippen molar-refractivity contribution in [3.63, 3.8) is 0 Å². The molecule has 1 aromatic carbocycles. The average molecular weight is 254 g/mol. The smallest absolute Gasteiger partial charge is 0.196 e. The van der Waals surface area contributed by atoms with Gasteiger partial charge in [-0.05, 0) is 36.2 Å². The Kier molecular flexibility index (Phi) is 2.75. The summed E-state index contributed by atoms with van der Waals surface area (Å²) in [6.45, 7) is 3.96. The molecular weight excluding hydrogens is 240 g/mol. The van der Waals surface area contributed by atoms with Gasteiger partial charge in [-0.15, -0.1) is 0 Å². The molecule has 19 heavy (non-hydrogen) atoms. The van der Waals surface area contributed by atoms with Crippen LogP contribution in [0.1, 0.15) is 25.3 Å². The van der Waals surface area contributed by atoms with Gasteiger partial charge >= 0.3 is 0 Å². The molecule has 0 aliphatic carbocycles. The van der Waals surface area contributed by atoms with Crippen LogP contribution in [-0.2, 0) is 0 Å². The minimum atomic E-state index is 0.0321. The van der Waals surface area contributed by atoms with Gasteiger partial charge in [-0.2, -0.15) is 0 Å². The lowest BCUT2D eigenvalue weighted by Gasteiger charge is -2.05. The molecule has 0 aliphatic rings. The summed E-state index contributed by atoms with van der Waals surface area (Å²) >= 11 is 0. The van der Waals surface area contributed by atoms with E-state index in [1.165, 1.54) is 0 Å². The van der Waals surface area contributed by atoms with Crippen LogP contribution in [-0.4, -0.2) is 0 Å². The van der Waals surface area contributed by atoms with Crippen molar-refractivity contribution in [3.8, 4) is 11.3 Å². The van der Waals surface area contributed by atoms with Gasteiger partial charge in [-0.3, -0.25) is 4.79 Å². The Morgan fingerprint density at radius 2 is 1.95 bits per heavy atom. The summed E-state index contributed by atoms with van der Waals surface area (Å²) in [5.74, 6) is 0.893. The Morgan fingerprint density at radius 3 is 2.63 bits per heavy atom. The molecule has 0 unspecified atom stereocenters. The van der Waals surface area contributed by atoms with Gasteiger partial charge in [-0.1, -0.05) is 13.8 Å². The monoisotopic (exact) mass is 254 g/mol. The Morgan fingerprint density at radius 1 is 1.11 bits per heavy atom. The maximum absolute atomic E-state index is 12.4. The van der Waals surface area contributed by atoms with Crippen molar-refractivity contribution >= 4 is 11.0 Å². The van der Waals surface area contributed by atoms with Gasteiger partial charge in [0.1, 0.15) is 11.3 Å². The average Bonchev–Trinajstić information content (AvgIpc) is 2.92. The summed E-state index contributed by atoms with van der Waals surface area (Å²) in [5, 5.41) is 0.597. The Labute approximate surface area is 110 Å². The maximum atomic E-state index is 12.4. The highest BCUT2D eigenvalue weighted by Crippen LogP contribution is 2.24. The van der Waals surface area contributed by atoms with E-state index < -0.39 is 0 Å². The van der Waals surface area contributed by atoms with Crippen molar-refractivity contribution in [2.75, 3.05) is 0 Å². The number of hydrogen-bond donors (Lipinski definition) is 0. The maximum Gasteiger partial charge on any atom is 0.196 e. The van der Waals surface area contributed by atoms with Crippen LogP contribution in [0.15, 0.2) is 56.5 Å². The molecule has 96 valence electrons. The van der Waals surface area contributed by atoms with Gasteiger partial charge in [-0.25, -0.2) is 0 Å². The topological polar surface area (TPSA) is 43.4 Å². The molecule has 0 saturated carbocycles. The van der Waals surface area contributed by atoms with Crippen molar-refractivity contribution in [2.45, 2.75) is 19.8 Å². The molecule has 0 aliphatic heterocycles. The van der Waals surface area contributed by atoms with Crippen molar-refractivity contribution in [1.82, 2.24) is 0 Å². The van der Waals surface area contributed by atoms with Gasteiger partial charge in [0, 0.05) is 11.1 Å². The van der Waals surface area contributed by atoms with Crippen LogP contribution >= 0.6 is 0 Å². The minimum absolute atomic E-state index is 0.0321. The largest absolute Gasteiger partial charge is 0.464 e. The number of fused-ring (bicyclic) bond motifs is 1. The highest BCUT2D eigenvalue weighted by Gasteiger charge is 2.11. The fourth-order valence-electron chi connectivity index (χ4n) is 2.14. The highest BCUT2D eigenvalue weighted by atomic mass is 16.3. The van der Waals surface area contributed by atoms with Crippen LogP contribution in [0.25, 0.3) is 22.3 Å². The van der Waals surface area contributed by atoms with E-state index in [1.54, 1.807) is 18.6 Å². The molecule has 0 radical (unpaired) electrons. The zero-order valence-electron chi connectivity index (χ0n) is 10.8. The van der Waals surface area contributed by atoms with Crippen LogP contribution in [0.5, 0.6) is 0 Å². The van der Waals surface area contributed by atoms with Crippen molar-refractivity contribution < 1.29 is 8.83 Å². The quantitative estimate of drug-likeness (QED) is 0.689. The first-order valence-electron chi connectivity index (χ1n) is 6.26. The molecule has 3 heteroatoms. The third-order valence-corrected chi connectivity index (χ3v) is 3.23. The van der Waals surface area contributed by atoms with E-state index >= 15 is 0 Å². The van der Waals surface area contributed by atoms with Crippen LogP contribution < -0.4 is 5.43 Å². The second-order valence-corrected chi connectivity index (χ2v) is 4.86. The Bertz CT molecular complexity index is 764. The first-order chi connectivity index (χ1) is 9.16. The zero-order chi connectivity index (χ0) is 13.4. The molecule has 2 aromatic heterocycles. The van der Waals surface area contributed by atoms with Crippen molar-refractivity contribution in [1.29, 1.82) is 0 Å². The Balaban J connectivity index is 2.27. The number of hydrogen-bond acceptors (Lipinski definition) is 3. The fraction of sp³-hybridized carbons (Fsp3) is 0.188. The summed E-state index contributed by atoms with van der Waals surface area (Å²) in [5.41, 5.74) is 2.21. The molecule has 2 heterocycles. The standard InChI is InChI=1S/C16H14O3/c1-10(2)13-9-19-15-6-5-11(8-12(15)16(13)17)14-4-3-7-18-14/h3-10H,1-2H3. The molecule has 0 saturated heterocycles. The van der Waals surface area contributed by atoms with Gasteiger partial charge < -0.3 is 8.83 Å². The molecule has 0 bridgehead atoms. The Hall–Kier alpha value is -2.29. The predicted octanol–water partition coefficient (Wildman–Crippen LogP) is 4.18. The third-order valence-electron chi connectivity index (χ3n) is 3.23. The first-order valence-corrected chi connectivity index (χ1v) is 6.26. The molecule has 0 amide bonds. The molecule has 0 spiro atoms. The lowest BCUT2D eigenvalue weighted by Crippen LogP contribution is -2.09. The number of furan rings is 1. The van der Waals surface area contributed by atoms with Gasteiger partial charge in [0.2, 0.25) is 0 Å². The lowest BCUT2D eigenvalue weighted by atomic mass is 10.0. The summed E-state index contributed by atoms with van der Waals surface area (Å²) in [6.07, 6.45) is 3.18. The van der Waals surface area contributed by atoms with E-state index in [0.29, 0.717) is 16.5 Å². The van der Waals surface area contributed by atoms with E-state index in [9.17, 15) is 4.79 Å². The van der Waals surface area contributed by atoms with Gasteiger partial charge in [0.05, 0.1) is 17.9 Å². The van der Waals surface area contributed by atoms with Crippen LogP contribution in [0, 0.1) is 0 Å². The molecule has 3 rings (SSSR count). The van der Waals surface area contributed by atoms with E-state index in [2.05, 4.69) is 0 Å². The molecule has 3 nitrogen and oxygen atoms in total. The highest BCUT2D eigenvalue weighted by molar-refractivity contribution is 5.82. The summed E-state index contributed by atoms with van der Waals surface area (Å²) in [4.78, 5) is 12.4. The van der Waals surface area contributed by atoms with E-state index in [0.717, 1.165) is 11.3 Å². The first kappa shape index (κ1) is 11.8. The molecular formula is C16H14O3. The predicted molar refractivity (Wildman–Crippen MR) is 74.3 cm³/mol. The minimum Gasteiger partial charge on any atom is -0.464 e. The van der Waals surface area contributed by atoms with Gasteiger partial charge in [0.15, 0.2) is 5.43 Å². The molecule has 0 N–H and O–H groups in total. The van der Waals surface area contributed by atoms with Crippen LogP contribution in [0.4, 0.5) is 0 Å². The third kappa shape index (κ3) is 1.97. The fourth-order valence-corrected chi connectivity index (χ4v) is 2.14. The molecule has 3 aromatic rings. The molecule has 0 fully saturated rings.